The number of carbonyl (C=O) groups excluding carboxylic acids is 3. The van der Waals surface area contributed by atoms with E-state index in [2.05, 4.69) is 0 Å². The van der Waals surface area contributed by atoms with E-state index in [-0.39, 0.29) is 45.9 Å². The summed E-state index contributed by atoms with van der Waals surface area (Å²) < 4.78 is 32.0. The highest BCUT2D eigenvalue weighted by Crippen LogP contribution is 2.42. The Morgan fingerprint density at radius 2 is 1.44 bits per heavy atom. The van der Waals surface area contributed by atoms with Gasteiger partial charge in [0, 0.05) is 6.42 Å². The molecule has 188 valence electrons. The summed E-state index contributed by atoms with van der Waals surface area (Å²) in [6, 6.07) is 0. The molecule has 0 aliphatic rings. The van der Waals surface area contributed by atoms with Gasteiger partial charge in [-0.25, -0.2) is 4.57 Å². The number of carbonyl (C=O) groups is 3. The number of rotatable bonds is 16. The highest BCUT2D eigenvalue weighted by atomic mass is 31.2. The molecule has 0 spiro atoms. The van der Waals surface area contributed by atoms with Crippen molar-refractivity contribution in [2.24, 2.45) is 10.8 Å². The van der Waals surface area contributed by atoms with E-state index in [1.807, 2.05) is 21.1 Å². The minimum absolute atomic E-state index is 0.0170. The molecule has 0 rings (SSSR count). The molecule has 0 aromatic rings. The summed E-state index contributed by atoms with van der Waals surface area (Å²) in [5.41, 5.74) is -2.71. The normalized spacial score (nSPS) is 16.0. The fourth-order valence-electron chi connectivity index (χ4n) is 2.37. The lowest BCUT2D eigenvalue weighted by atomic mass is 9.75. The number of quaternary nitrogens is 1. The van der Waals surface area contributed by atoms with Crippen LogP contribution in [0.5, 0.6) is 0 Å². The number of aliphatic hydroxyl groups is 1. The van der Waals surface area contributed by atoms with Crippen LogP contribution in [-0.2, 0) is 37.5 Å². The second-order valence-corrected chi connectivity index (χ2v) is 10.8. The summed E-state index contributed by atoms with van der Waals surface area (Å²) in [7, 11) is 1.43. The van der Waals surface area contributed by atoms with Gasteiger partial charge in [-0.3, -0.25) is 23.4 Å². The van der Waals surface area contributed by atoms with Gasteiger partial charge in [0.1, 0.15) is 31.8 Å². The second kappa shape index (κ2) is 12.8. The van der Waals surface area contributed by atoms with Crippen molar-refractivity contribution < 1.29 is 52.0 Å². The van der Waals surface area contributed by atoms with E-state index in [0.29, 0.717) is 11.0 Å². The fourth-order valence-corrected chi connectivity index (χ4v) is 3.06. The summed E-state index contributed by atoms with van der Waals surface area (Å²) in [5.74, 6) is -1.98. The first-order valence-corrected chi connectivity index (χ1v) is 11.9. The van der Waals surface area contributed by atoms with Gasteiger partial charge in [-0.2, -0.15) is 0 Å². The number of ketones is 1. The maximum absolute atomic E-state index is 12.8. The van der Waals surface area contributed by atoms with E-state index in [0.717, 1.165) is 0 Å². The van der Waals surface area contributed by atoms with Crippen LogP contribution in [0.25, 0.3) is 0 Å². The zero-order valence-electron chi connectivity index (χ0n) is 20.2. The van der Waals surface area contributed by atoms with Gasteiger partial charge in [-0.1, -0.05) is 6.92 Å². The van der Waals surface area contributed by atoms with Crippen LogP contribution in [-0.4, -0.2) is 92.9 Å². The number of ether oxygens (including phenoxy) is 2. The number of esters is 2. The minimum Gasteiger partial charge on any atom is -0.463 e. The van der Waals surface area contributed by atoms with Gasteiger partial charge in [-0.15, -0.1) is 0 Å². The average molecular weight is 485 g/mol. The predicted octanol–water partition coefficient (Wildman–Crippen LogP) is 1.31. The molecular weight excluding hydrogens is 445 g/mol. The molecule has 32 heavy (non-hydrogen) atoms. The van der Waals surface area contributed by atoms with Crippen LogP contribution in [0.3, 0.4) is 0 Å². The van der Waals surface area contributed by atoms with Crippen molar-refractivity contribution in [3.63, 3.8) is 0 Å². The van der Waals surface area contributed by atoms with Crippen molar-refractivity contribution in [2.75, 3.05) is 60.7 Å². The smallest absolute Gasteiger partial charge is 0.463 e. The van der Waals surface area contributed by atoms with Gasteiger partial charge in [0.05, 0.1) is 39.8 Å². The standard InChI is InChI=1S/C20H38NO10P/c1-8-20(4,18(25)28-12-10-22)16(23)15-19(2,3)17(24)29-13-14-31-32(26,27)30-11-9-21(5,6)7/h22H,8-15H2,1-7H3/p+1. The summed E-state index contributed by atoms with van der Waals surface area (Å²) in [4.78, 5) is 47.1. The van der Waals surface area contributed by atoms with Gasteiger partial charge >= 0.3 is 19.8 Å². The fraction of sp³-hybridized carbons (Fsp3) is 0.850. The monoisotopic (exact) mass is 484 g/mol. The molecular formula is C20H39NO10P+. The lowest BCUT2D eigenvalue weighted by Crippen LogP contribution is -2.41. The van der Waals surface area contributed by atoms with Crippen molar-refractivity contribution in [3.8, 4) is 0 Å². The van der Waals surface area contributed by atoms with Crippen molar-refractivity contribution >= 4 is 25.5 Å². The van der Waals surface area contributed by atoms with E-state index in [1.54, 1.807) is 6.92 Å². The quantitative estimate of drug-likeness (QED) is 0.108. The minimum atomic E-state index is -4.27. The number of aliphatic hydroxyl groups excluding tert-OH is 1. The number of Topliss-reactive ketones (excluding diaryl/α,β-unsaturated/α-hetero) is 1. The van der Waals surface area contributed by atoms with E-state index in [9.17, 15) is 23.8 Å². The first-order chi connectivity index (χ1) is 14.5. The summed E-state index contributed by atoms with van der Waals surface area (Å²) in [5, 5.41) is 8.80. The second-order valence-electron chi connectivity index (χ2n) is 9.31. The van der Waals surface area contributed by atoms with Gasteiger partial charge in [-0.05, 0) is 27.2 Å². The number of phosphoric acid groups is 1. The molecule has 0 bridgehead atoms. The molecule has 2 N–H and O–H groups in total. The molecule has 0 saturated heterocycles. The molecule has 11 nitrogen and oxygen atoms in total. The molecule has 0 radical (unpaired) electrons. The number of phosphoric ester groups is 1. The lowest BCUT2D eigenvalue weighted by Gasteiger charge is -2.29. The Morgan fingerprint density at radius 3 is 1.94 bits per heavy atom. The van der Waals surface area contributed by atoms with Crippen molar-refractivity contribution in [3.05, 3.63) is 0 Å². The molecule has 0 fully saturated rings. The van der Waals surface area contributed by atoms with Crippen LogP contribution in [0.1, 0.15) is 40.5 Å². The molecule has 0 aromatic carbocycles. The van der Waals surface area contributed by atoms with E-state index in [1.165, 1.54) is 20.8 Å². The molecule has 0 amide bonds. The van der Waals surface area contributed by atoms with Crippen LogP contribution in [0.2, 0.25) is 0 Å². The highest BCUT2D eigenvalue weighted by Gasteiger charge is 2.44. The molecule has 0 saturated carbocycles. The molecule has 2 atom stereocenters. The molecule has 0 aromatic heterocycles. The third-order valence-corrected chi connectivity index (χ3v) is 5.86. The Kier molecular flexibility index (Phi) is 12.2. The Bertz CT molecular complexity index is 688. The topological polar surface area (TPSA) is 146 Å². The number of nitrogens with zero attached hydrogens (tertiary/aromatic N) is 1. The third kappa shape index (κ3) is 11.0. The SMILES string of the molecule is CCC(C)(C(=O)CC(C)(C)C(=O)OCCOP(=O)(O)OCC[N+](C)(C)C)C(=O)OCCO. The van der Waals surface area contributed by atoms with Gasteiger partial charge in [0.2, 0.25) is 0 Å². The summed E-state index contributed by atoms with van der Waals surface area (Å²) in [6.45, 7) is 5.32. The third-order valence-electron chi connectivity index (χ3n) is 4.84. The first-order valence-electron chi connectivity index (χ1n) is 10.4. The van der Waals surface area contributed by atoms with E-state index in [4.69, 9.17) is 23.6 Å². The zero-order valence-corrected chi connectivity index (χ0v) is 21.1. The van der Waals surface area contributed by atoms with Crippen molar-refractivity contribution in [1.29, 1.82) is 0 Å². The van der Waals surface area contributed by atoms with Gasteiger partial charge in [0.25, 0.3) is 0 Å². The van der Waals surface area contributed by atoms with Crippen molar-refractivity contribution in [1.82, 2.24) is 0 Å². The van der Waals surface area contributed by atoms with Crippen LogP contribution >= 0.6 is 7.82 Å². The largest absolute Gasteiger partial charge is 0.472 e. The number of hydrogen-bond donors (Lipinski definition) is 2. The maximum atomic E-state index is 12.8. The number of likely N-dealkylation sites (N-methyl/N-ethyl adjacent to an activating group) is 1. The molecule has 0 heterocycles. The predicted molar refractivity (Wildman–Crippen MR) is 115 cm³/mol. The first kappa shape index (κ1) is 30.6. The Morgan fingerprint density at radius 1 is 0.906 bits per heavy atom. The number of hydrogen-bond acceptors (Lipinski definition) is 9. The highest BCUT2D eigenvalue weighted by molar-refractivity contribution is 7.47. The van der Waals surface area contributed by atoms with E-state index < -0.39 is 36.4 Å². The van der Waals surface area contributed by atoms with Crippen LogP contribution in [0.4, 0.5) is 0 Å². The molecule has 0 aliphatic carbocycles. The Hall–Kier alpha value is -1.36. The Labute approximate surface area is 190 Å². The summed E-state index contributed by atoms with van der Waals surface area (Å²) >= 11 is 0. The summed E-state index contributed by atoms with van der Waals surface area (Å²) in [6.07, 6.45) is -0.118. The van der Waals surface area contributed by atoms with Crippen molar-refractivity contribution in [2.45, 2.75) is 40.5 Å². The maximum Gasteiger partial charge on any atom is 0.472 e. The molecule has 0 aliphatic heterocycles. The van der Waals surface area contributed by atoms with Crippen LogP contribution in [0, 0.1) is 10.8 Å². The Balaban J connectivity index is 4.68. The average Bonchev–Trinajstić information content (AvgIpc) is 2.66. The van der Waals surface area contributed by atoms with Gasteiger partial charge < -0.3 is 24.0 Å². The van der Waals surface area contributed by atoms with E-state index >= 15 is 0 Å². The lowest BCUT2D eigenvalue weighted by molar-refractivity contribution is -0.870. The molecule has 12 heteroatoms. The van der Waals surface area contributed by atoms with Crippen LogP contribution < -0.4 is 0 Å². The van der Waals surface area contributed by atoms with Crippen LogP contribution in [0.15, 0.2) is 0 Å². The van der Waals surface area contributed by atoms with Gasteiger partial charge in [0.15, 0.2) is 5.78 Å². The molecule has 2 unspecified atom stereocenters. The zero-order chi connectivity index (χ0) is 25.2.